The Kier molecular flexibility index (Phi) is 4.15. The molecule has 1 N–H and O–H groups in total. The number of hydrogen-bond acceptors (Lipinski definition) is 3. The molecular weight excluding hydrogens is 260 g/mol. The normalized spacial score (nSPS) is 17.5. The first kappa shape index (κ1) is 14.0. The van der Waals surface area contributed by atoms with Crippen LogP contribution in [-0.4, -0.2) is 14.5 Å². The summed E-state index contributed by atoms with van der Waals surface area (Å²) < 4.78 is 2.15. The van der Waals surface area contributed by atoms with Crippen LogP contribution in [0.4, 0.5) is 0 Å². The average molecular weight is 282 g/mol. The standard InChI is InChI=1S/C17H22N4/c1-3-10-21-12-13(2)20-16(21)11-19-15-8-4-6-14-7-5-9-18-17(14)15/h3,5,7,9,12,15,19H,1,4,6,8,10-11H2,2H3. The monoisotopic (exact) mass is 282 g/mol. The van der Waals surface area contributed by atoms with E-state index in [0.29, 0.717) is 6.04 Å². The lowest BCUT2D eigenvalue weighted by Gasteiger charge is -2.25. The molecule has 0 saturated carbocycles. The van der Waals surface area contributed by atoms with Crippen LogP contribution in [0, 0.1) is 6.92 Å². The number of pyridine rings is 1. The second kappa shape index (κ2) is 6.22. The third kappa shape index (κ3) is 3.05. The second-order valence-electron chi connectivity index (χ2n) is 5.61. The molecule has 0 radical (unpaired) electrons. The summed E-state index contributed by atoms with van der Waals surface area (Å²) in [5.41, 5.74) is 3.64. The number of allylic oxidation sites excluding steroid dienone is 1. The Bertz CT molecular complexity index is 629. The van der Waals surface area contributed by atoms with Gasteiger partial charge in [0.1, 0.15) is 5.82 Å². The quantitative estimate of drug-likeness (QED) is 0.857. The zero-order valence-electron chi connectivity index (χ0n) is 12.5. The van der Waals surface area contributed by atoms with Crippen molar-refractivity contribution in [2.45, 2.75) is 45.3 Å². The Morgan fingerprint density at radius 2 is 2.43 bits per heavy atom. The van der Waals surface area contributed by atoms with E-state index in [1.54, 1.807) is 0 Å². The number of rotatable bonds is 5. The fourth-order valence-corrected chi connectivity index (χ4v) is 3.06. The molecule has 0 spiro atoms. The van der Waals surface area contributed by atoms with Crippen LogP contribution in [0.15, 0.2) is 37.2 Å². The summed E-state index contributed by atoms with van der Waals surface area (Å²) >= 11 is 0. The minimum atomic E-state index is 0.337. The van der Waals surface area contributed by atoms with Crippen LogP contribution in [0.25, 0.3) is 0 Å². The molecule has 0 bridgehead atoms. The first-order chi connectivity index (χ1) is 10.3. The molecule has 0 aromatic carbocycles. The molecule has 1 unspecified atom stereocenters. The van der Waals surface area contributed by atoms with E-state index in [2.05, 4.69) is 38.7 Å². The van der Waals surface area contributed by atoms with Crippen molar-refractivity contribution in [1.29, 1.82) is 0 Å². The Morgan fingerprint density at radius 1 is 1.52 bits per heavy atom. The van der Waals surface area contributed by atoms with Crippen molar-refractivity contribution in [3.05, 3.63) is 60.0 Å². The van der Waals surface area contributed by atoms with Gasteiger partial charge in [0.25, 0.3) is 0 Å². The van der Waals surface area contributed by atoms with Crippen LogP contribution < -0.4 is 5.32 Å². The molecule has 0 amide bonds. The fraction of sp³-hybridized carbons (Fsp3) is 0.412. The highest BCUT2D eigenvalue weighted by molar-refractivity contribution is 5.25. The Labute approximate surface area is 125 Å². The van der Waals surface area contributed by atoms with E-state index in [9.17, 15) is 0 Å². The first-order valence-corrected chi connectivity index (χ1v) is 7.58. The van der Waals surface area contributed by atoms with E-state index in [1.807, 2.05) is 25.3 Å². The van der Waals surface area contributed by atoms with Crippen LogP contribution in [0.2, 0.25) is 0 Å². The van der Waals surface area contributed by atoms with Crippen molar-refractivity contribution in [1.82, 2.24) is 19.9 Å². The summed E-state index contributed by atoms with van der Waals surface area (Å²) in [6.07, 6.45) is 9.38. The largest absolute Gasteiger partial charge is 0.330 e. The van der Waals surface area contributed by atoms with E-state index >= 15 is 0 Å². The highest BCUT2D eigenvalue weighted by Gasteiger charge is 2.21. The van der Waals surface area contributed by atoms with Gasteiger partial charge in [-0.25, -0.2) is 4.98 Å². The van der Waals surface area contributed by atoms with Crippen molar-refractivity contribution in [3.8, 4) is 0 Å². The van der Waals surface area contributed by atoms with Crippen LogP contribution >= 0.6 is 0 Å². The molecule has 0 saturated heterocycles. The smallest absolute Gasteiger partial charge is 0.123 e. The number of nitrogens with zero attached hydrogens (tertiary/aromatic N) is 3. The van der Waals surface area contributed by atoms with Crippen LogP contribution in [0.3, 0.4) is 0 Å². The van der Waals surface area contributed by atoms with Crippen LogP contribution in [0.5, 0.6) is 0 Å². The zero-order chi connectivity index (χ0) is 14.7. The lowest BCUT2D eigenvalue weighted by atomic mass is 9.92. The van der Waals surface area contributed by atoms with Crippen molar-refractivity contribution in [3.63, 3.8) is 0 Å². The number of hydrogen-bond donors (Lipinski definition) is 1. The summed E-state index contributed by atoms with van der Waals surface area (Å²) in [6.45, 7) is 7.40. The maximum atomic E-state index is 4.60. The van der Waals surface area contributed by atoms with Crippen molar-refractivity contribution >= 4 is 0 Å². The molecule has 110 valence electrons. The highest BCUT2D eigenvalue weighted by Crippen LogP contribution is 2.27. The first-order valence-electron chi connectivity index (χ1n) is 7.58. The Hall–Kier alpha value is -1.94. The third-order valence-corrected chi connectivity index (χ3v) is 4.01. The summed E-state index contributed by atoms with van der Waals surface area (Å²) in [7, 11) is 0. The number of fused-ring (bicyclic) bond motifs is 1. The lowest BCUT2D eigenvalue weighted by Crippen LogP contribution is -2.27. The topological polar surface area (TPSA) is 42.7 Å². The van der Waals surface area contributed by atoms with Crippen LogP contribution in [-0.2, 0) is 19.5 Å². The van der Waals surface area contributed by atoms with Gasteiger partial charge >= 0.3 is 0 Å². The zero-order valence-corrected chi connectivity index (χ0v) is 12.5. The molecule has 1 aliphatic rings. The molecule has 0 aliphatic heterocycles. The van der Waals surface area contributed by atoms with E-state index < -0.39 is 0 Å². The van der Waals surface area contributed by atoms with Crippen molar-refractivity contribution < 1.29 is 0 Å². The lowest BCUT2D eigenvalue weighted by molar-refractivity contribution is 0.437. The summed E-state index contributed by atoms with van der Waals surface area (Å²) in [5, 5.41) is 3.63. The molecule has 1 atom stereocenters. The second-order valence-corrected chi connectivity index (χ2v) is 5.61. The van der Waals surface area contributed by atoms with Gasteiger partial charge in [-0.05, 0) is 37.8 Å². The fourth-order valence-electron chi connectivity index (χ4n) is 3.06. The summed E-state index contributed by atoms with van der Waals surface area (Å²) in [6, 6.07) is 4.56. The van der Waals surface area contributed by atoms with Gasteiger partial charge in [-0.1, -0.05) is 12.1 Å². The molecule has 2 aromatic rings. The van der Waals surface area contributed by atoms with Gasteiger partial charge in [0, 0.05) is 18.9 Å². The molecule has 0 fully saturated rings. The molecule has 3 rings (SSSR count). The minimum Gasteiger partial charge on any atom is -0.330 e. The molecule has 2 aromatic heterocycles. The van der Waals surface area contributed by atoms with Crippen molar-refractivity contribution in [2.75, 3.05) is 0 Å². The average Bonchev–Trinajstić information content (AvgIpc) is 2.85. The number of imidazole rings is 1. The molecule has 21 heavy (non-hydrogen) atoms. The molecule has 4 nitrogen and oxygen atoms in total. The van der Waals surface area contributed by atoms with Gasteiger partial charge in [-0.3, -0.25) is 4.98 Å². The minimum absolute atomic E-state index is 0.337. The van der Waals surface area contributed by atoms with Gasteiger partial charge < -0.3 is 9.88 Å². The van der Waals surface area contributed by atoms with Gasteiger partial charge in [0.2, 0.25) is 0 Å². The van der Waals surface area contributed by atoms with Gasteiger partial charge in [0.15, 0.2) is 0 Å². The maximum absolute atomic E-state index is 4.60. The molecule has 4 heteroatoms. The van der Waals surface area contributed by atoms with Crippen molar-refractivity contribution in [2.24, 2.45) is 0 Å². The van der Waals surface area contributed by atoms with E-state index in [4.69, 9.17) is 0 Å². The summed E-state index contributed by atoms with van der Waals surface area (Å²) in [5.74, 6) is 1.07. The van der Waals surface area contributed by atoms with Crippen LogP contribution in [0.1, 0.15) is 41.7 Å². The molecular formula is C17H22N4. The van der Waals surface area contributed by atoms with Gasteiger partial charge in [-0.2, -0.15) is 0 Å². The van der Waals surface area contributed by atoms with E-state index in [-0.39, 0.29) is 0 Å². The maximum Gasteiger partial charge on any atom is 0.123 e. The predicted octanol–water partition coefficient (Wildman–Crippen LogP) is 2.94. The number of aryl methyl sites for hydroxylation is 2. The number of aromatic nitrogens is 3. The Morgan fingerprint density at radius 3 is 3.29 bits per heavy atom. The third-order valence-electron chi connectivity index (χ3n) is 4.01. The number of nitrogens with one attached hydrogen (secondary N) is 1. The SMILES string of the molecule is C=CCn1cc(C)nc1CNC1CCCc2cccnc21. The van der Waals surface area contributed by atoms with Gasteiger partial charge in [0.05, 0.1) is 24.0 Å². The molecule has 1 aliphatic carbocycles. The highest BCUT2D eigenvalue weighted by atomic mass is 15.1. The van der Waals surface area contributed by atoms with Gasteiger partial charge in [-0.15, -0.1) is 6.58 Å². The molecule has 2 heterocycles. The Balaban J connectivity index is 1.73. The van der Waals surface area contributed by atoms with E-state index in [0.717, 1.165) is 37.4 Å². The predicted molar refractivity (Wildman–Crippen MR) is 83.9 cm³/mol. The summed E-state index contributed by atoms with van der Waals surface area (Å²) in [4.78, 5) is 9.17. The van der Waals surface area contributed by atoms with E-state index in [1.165, 1.54) is 17.7 Å².